The van der Waals surface area contributed by atoms with Crippen molar-refractivity contribution in [2.24, 2.45) is 0 Å². The number of nitrogens with zero attached hydrogens (tertiary/aromatic N) is 3. The predicted molar refractivity (Wildman–Crippen MR) is 73.2 cm³/mol. The summed E-state index contributed by atoms with van der Waals surface area (Å²) in [5.74, 6) is 0. The van der Waals surface area contributed by atoms with E-state index in [1.165, 1.54) is 8.61 Å². The highest BCUT2D eigenvalue weighted by molar-refractivity contribution is 9.10. The molecule has 0 radical (unpaired) electrons. The molecule has 100 valence electrons. The number of hydrogen-bond acceptors (Lipinski definition) is 3. The van der Waals surface area contributed by atoms with Crippen LogP contribution in [0.2, 0.25) is 0 Å². The molecule has 1 aromatic rings. The molecule has 1 aliphatic rings. The highest BCUT2D eigenvalue weighted by atomic mass is 79.9. The SMILES string of the molecule is CN(C)S(=O)(=O)N1CCC[C@@H]1c1ccc(Br)cn1. The lowest BCUT2D eigenvalue weighted by atomic mass is 10.1. The summed E-state index contributed by atoms with van der Waals surface area (Å²) in [7, 11) is -0.259. The summed E-state index contributed by atoms with van der Waals surface area (Å²) in [4.78, 5) is 4.31. The number of aromatic nitrogens is 1. The Morgan fingerprint density at radius 2 is 2.17 bits per heavy atom. The first-order valence-corrected chi connectivity index (χ1v) is 7.92. The van der Waals surface area contributed by atoms with Gasteiger partial charge in [0, 0.05) is 31.3 Å². The Morgan fingerprint density at radius 1 is 1.44 bits per heavy atom. The summed E-state index contributed by atoms with van der Waals surface area (Å²) in [6.07, 6.45) is 3.39. The van der Waals surface area contributed by atoms with Gasteiger partial charge in [-0.05, 0) is 40.9 Å². The van der Waals surface area contributed by atoms with Crippen LogP contribution in [0, 0.1) is 0 Å². The van der Waals surface area contributed by atoms with Gasteiger partial charge < -0.3 is 0 Å². The molecule has 2 rings (SSSR count). The molecule has 0 amide bonds. The van der Waals surface area contributed by atoms with Crippen LogP contribution >= 0.6 is 15.9 Å². The van der Waals surface area contributed by atoms with Crippen LogP contribution in [0.3, 0.4) is 0 Å². The van der Waals surface area contributed by atoms with Crippen LogP contribution in [0.1, 0.15) is 24.6 Å². The first-order chi connectivity index (χ1) is 8.43. The third kappa shape index (κ3) is 2.59. The molecule has 0 saturated carbocycles. The van der Waals surface area contributed by atoms with Gasteiger partial charge >= 0.3 is 0 Å². The van der Waals surface area contributed by atoms with Crippen LogP contribution in [0.4, 0.5) is 0 Å². The minimum Gasteiger partial charge on any atom is -0.258 e. The van der Waals surface area contributed by atoms with Gasteiger partial charge in [-0.1, -0.05) is 0 Å². The molecule has 1 fully saturated rings. The molecule has 0 unspecified atom stereocenters. The van der Waals surface area contributed by atoms with Gasteiger partial charge in [0.25, 0.3) is 10.2 Å². The normalized spacial score (nSPS) is 21.7. The Balaban J connectivity index is 2.31. The van der Waals surface area contributed by atoms with Crippen molar-refractivity contribution >= 4 is 26.1 Å². The minimum absolute atomic E-state index is 0.148. The lowest BCUT2D eigenvalue weighted by Gasteiger charge is -2.26. The van der Waals surface area contributed by atoms with Gasteiger partial charge in [-0.15, -0.1) is 0 Å². The maximum atomic E-state index is 12.2. The molecule has 7 heteroatoms. The minimum atomic E-state index is -3.37. The van der Waals surface area contributed by atoms with Crippen molar-refractivity contribution in [2.75, 3.05) is 20.6 Å². The van der Waals surface area contributed by atoms with Gasteiger partial charge in [-0.2, -0.15) is 17.0 Å². The predicted octanol–water partition coefficient (Wildman–Crippen LogP) is 1.79. The third-order valence-electron chi connectivity index (χ3n) is 3.05. The quantitative estimate of drug-likeness (QED) is 0.847. The largest absolute Gasteiger partial charge is 0.282 e. The van der Waals surface area contributed by atoms with Gasteiger partial charge in [0.15, 0.2) is 0 Å². The van der Waals surface area contributed by atoms with E-state index < -0.39 is 10.2 Å². The maximum Gasteiger partial charge on any atom is 0.282 e. The third-order valence-corrected chi connectivity index (χ3v) is 5.47. The second-order valence-corrected chi connectivity index (χ2v) is 7.47. The molecule has 1 aliphatic heterocycles. The van der Waals surface area contributed by atoms with Crippen LogP contribution in [-0.4, -0.2) is 42.7 Å². The summed E-state index contributed by atoms with van der Waals surface area (Å²) in [6, 6.07) is 3.62. The molecule has 1 saturated heterocycles. The molecular weight excluding hydrogens is 318 g/mol. The van der Waals surface area contributed by atoms with E-state index in [1.54, 1.807) is 20.3 Å². The molecule has 0 aliphatic carbocycles. The molecule has 0 spiro atoms. The van der Waals surface area contributed by atoms with E-state index in [2.05, 4.69) is 20.9 Å². The Hall–Kier alpha value is -0.500. The second kappa shape index (κ2) is 5.24. The lowest BCUT2D eigenvalue weighted by Crippen LogP contribution is -2.39. The Morgan fingerprint density at radius 3 is 2.72 bits per heavy atom. The lowest BCUT2D eigenvalue weighted by molar-refractivity contribution is 0.358. The second-order valence-electron chi connectivity index (χ2n) is 4.46. The van der Waals surface area contributed by atoms with Crippen molar-refractivity contribution in [3.8, 4) is 0 Å². The van der Waals surface area contributed by atoms with Crippen molar-refractivity contribution in [2.45, 2.75) is 18.9 Å². The zero-order valence-corrected chi connectivity index (χ0v) is 12.8. The van der Waals surface area contributed by atoms with Gasteiger partial charge in [-0.3, -0.25) is 4.98 Å². The fourth-order valence-corrected chi connectivity index (χ4v) is 3.65. The number of halogens is 1. The molecule has 2 heterocycles. The summed E-state index contributed by atoms with van der Waals surface area (Å²) in [5, 5.41) is 0. The van der Waals surface area contributed by atoms with Gasteiger partial charge in [0.1, 0.15) is 0 Å². The average molecular weight is 334 g/mol. The Bertz CT molecular complexity index is 516. The zero-order chi connectivity index (χ0) is 13.3. The van der Waals surface area contributed by atoms with Crippen molar-refractivity contribution in [1.82, 2.24) is 13.6 Å². The first kappa shape index (κ1) is 13.9. The Labute approximate surface area is 116 Å². The molecule has 1 aromatic heterocycles. The van der Waals surface area contributed by atoms with E-state index in [0.717, 1.165) is 23.0 Å². The van der Waals surface area contributed by atoms with E-state index in [-0.39, 0.29) is 6.04 Å². The molecular formula is C11H16BrN3O2S. The molecule has 18 heavy (non-hydrogen) atoms. The van der Waals surface area contributed by atoms with Crippen molar-refractivity contribution in [3.05, 3.63) is 28.5 Å². The van der Waals surface area contributed by atoms with Crippen LogP contribution in [0.25, 0.3) is 0 Å². The summed E-state index contributed by atoms with van der Waals surface area (Å²) in [6.45, 7) is 0.558. The van der Waals surface area contributed by atoms with E-state index in [1.807, 2.05) is 12.1 Å². The van der Waals surface area contributed by atoms with Crippen molar-refractivity contribution in [1.29, 1.82) is 0 Å². The molecule has 0 aromatic carbocycles. The van der Waals surface area contributed by atoms with E-state index >= 15 is 0 Å². The van der Waals surface area contributed by atoms with E-state index in [4.69, 9.17) is 0 Å². The molecule has 1 atom stereocenters. The van der Waals surface area contributed by atoms with Crippen molar-refractivity contribution in [3.63, 3.8) is 0 Å². The van der Waals surface area contributed by atoms with Crippen LogP contribution in [0.5, 0.6) is 0 Å². The highest BCUT2D eigenvalue weighted by Gasteiger charge is 2.37. The standard InChI is InChI=1S/C11H16BrN3O2S/c1-14(2)18(16,17)15-7-3-4-11(15)10-6-5-9(12)8-13-10/h5-6,8,11H,3-4,7H2,1-2H3/t11-/m1/s1. The fourth-order valence-electron chi connectivity index (χ4n) is 2.11. The van der Waals surface area contributed by atoms with Gasteiger partial charge in [-0.25, -0.2) is 0 Å². The summed E-state index contributed by atoms with van der Waals surface area (Å²) in [5.41, 5.74) is 0.807. The summed E-state index contributed by atoms with van der Waals surface area (Å²) >= 11 is 3.33. The Kier molecular flexibility index (Phi) is 4.05. The topological polar surface area (TPSA) is 53.5 Å². The van der Waals surface area contributed by atoms with E-state index in [9.17, 15) is 8.42 Å². The average Bonchev–Trinajstić information content (AvgIpc) is 2.79. The monoisotopic (exact) mass is 333 g/mol. The van der Waals surface area contributed by atoms with Crippen LogP contribution in [0.15, 0.2) is 22.8 Å². The van der Waals surface area contributed by atoms with E-state index in [0.29, 0.717) is 6.54 Å². The fraction of sp³-hybridized carbons (Fsp3) is 0.545. The van der Waals surface area contributed by atoms with Crippen LogP contribution < -0.4 is 0 Å². The molecule has 0 N–H and O–H groups in total. The smallest absolute Gasteiger partial charge is 0.258 e. The molecule has 5 nitrogen and oxygen atoms in total. The number of pyridine rings is 1. The number of hydrogen-bond donors (Lipinski definition) is 0. The van der Waals surface area contributed by atoms with Crippen LogP contribution in [-0.2, 0) is 10.2 Å². The summed E-state index contributed by atoms with van der Waals surface area (Å²) < 4.78 is 28.1. The first-order valence-electron chi connectivity index (χ1n) is 5.73. The van der Waals surface area contributed by atoms with Gasteiger partial charge in [0.2, 0.25) is 0 Å². The highest BCUT2D eigenvalue weighted by Crippen LogP contribution is 2.33. The van der Waals surface area contributed by atoms with Crippen molar-refractivity contribution < 1.29 is 8.42 Å². The zero-order valence-electron chi connectivity index (χ0n) is 10.4. The van der Waals surface area contributed by atoms with Gasteiger partial charge in [0.05, 0.1) is 11.7 Å². The molecule has 0 bridgehead atoms. The maximum absolute atomic E-state index is 12.2. The number of rotatable bonds is 3.